The van der Waals surface area contributed by atoms with Gasteiger partial charge in [-0.25, -0.2) is 4.98 Å². The number of ether oxygens (including phenoxy) is 1. The third-order valence-electron chi connectivity index (χ3n) is 5.03. The number of carbonyl (C=O) groups is 1. The van der Waals surface area contributed by atoms with Crippen LogP contribution in [0.4, 0.5) is 0 Å². The third kappa shape index (κ3) is 4.56. The summed E-state index contributed by atoms with van der Waals surface area (Å²) < 4.78 is 5.14. The Morgan fingerprint density at radius 2 is 1.96 bits per heavy atom. The van der Waals surface area contributed by atoms with E-state index in [0.29, 0.717) is 22.1 Å². The summed E-state index contributed by atoms with van der Waals surface area (Å²) in [6.07, 6.45) is 5.16. The lowest BCUT2D eigenvalue weighted by Gasteiger charge is -2.22. The second-order valence-corrected chi connectivity index (χ2v) is 8.52. The maximum absolute atomic E-state index is 12.6. The predicted molar refractivity (Wildman–Crippen MR) is 112 cm³/mol. The molecule has 0 spiro atoms. The molecule has 1 aliphatic carbocycles. The number of ketones is 1. The van der Waals surface area contributed by atoms with Gasteiger partial charge in [0.15, 0.2) is 5.78 Å². The number of Topliss-reactive ketones (excluding diaryl/α,β-unsaturated/α-hetero) is 1. The maximum Gasteiger partial charge on any atom is 0.173 e. The fourth-order valence-corrected chi connectivity index (χ4v) is 4.57. The van der Waals surface area contributed by atoms with Crippen molar-refractivity contribution >= 4 is 17.5 Å². The van der Waals surface area contributed by atoms with Crippen molar-refractivity contribution in [3.63, 3.8) is 0 Å². The van der Waals surface area contributed by atoms with E-state index in [0.717, 1.165) is 49.1 Å². The number of thioether (sulfide) groups is 1. The number of hydrogen-bond donors (Lipinski definition) is 0. The summed E-state index contributed by atoms with van der Waals surface area (Å²) in [6.45, 7) is 4.35. The van der Waals surface area contributed by atoms with Crippen LogP contribution in [0.5, 0.6) is 5.75 Å². The predicted octanol–water partition coefficient (Wildman–Crippen LogP) is 5.01. The van der Waals surface area contributed by atoms with Gasteiger partial charge >= 0.3 is 0 Å². The van der Waals surface area contributed by atoms with E-state index < -0.39 is 0 Å². The van der Waals surface area contributed by atoms with Crippen molar-refractivity contribution in [3.8, 4) is 11.8 Å². The monoisotopic (exact) mass is 394 g/mol. The lowest BCUT2D eigenvalue weighted by Crippen LogP contribution is -2.14. The van der Waals surface area contributed by atoms with Crippen LogP contribution in [-0.4, -0.2) is 23.6 Å². The fraction of sp³-hybridized carbons (Fsp3) is 0.435. The van der Waals surface area contributed by atoms with Crippen molar-refractivity contribution in [2.75, 3.05) is 12.9 Å². The van der Waals surface area contributed by atoms with Gasteiger partial charge in [0, 0.05) is 11.3 Å². The molecule has 0 fully saturated rings. The molecule has 0 saturated carbocycles. The Balaban J connectivity index is 1.86. The van der Waals surface area contributed by atoms with E-state index in [1.165, 1.54) is 17.3 Å². The molecule has 0 N–H and O–H groups in total. The van der Waals surface area contributed by atoms with Gasteiger partial charge < -0.3 is 4.74 Å². The third-order valence-corrected chi connectivity index (χ3v) is 6.01. The number of aromatic nitrogens is 1. The molecule has 0 aliphatic heterocycles. The van der Waals surface area contributed by atoms with Gasteiger partial charge in [0.1, 0.15) is 16.8 Å². The van der Waals surface area contributed by atoms with E-state index in [2.05, 4.69) is 19.9 Å². The summed E-state index contributed by atoms with van der Waals surface area (Å²) in [4.78, 5) is 17.4. The summed E-state index contributed by atoms with van der Waals surface area (Å²) in [6, 6.07) is 9.51. The number of fused-ring (bicyclic) bond motifs is 1. The number of methoxy groups -OCH3 is 1. The Labute approximate surface area is 171 Å². The number of pyridine rings is 1. The highest BCUT2D eigenvalue weighted by Gasteiger charge is 2.23. The van der Waals surface area contributed by atoms with Crippen LogP contribution >= 0.6 is 11.8 Å². The molecule has 0 saturated heterocycles. The summed E-state index contributed by atoms with van der Waals surface area (Å²) in [5.41, 5.74) is 4.87. The van der Waals surface area contributed by atoms with Crippen LogP contribution < -0.4 is 4.74 Å². The second-order valence-electron chi connectivity index (χ2n) is 7.55. The van der Waals surface area contributed by atoms with Crippen LogP contribution in [0.1, 0.15) is 59.4 Å². The highest BCUT2D eigenvalue weighted by molar-refractivity contribution is 8.00. The molecule has 1 aromatic heterocycles. The van der Waals surface area contributed by atoms with Crippen LogP contribution in [0.25, 0.3) is 0 Å². The topological polar surface area (TPSA) is 63.0 Å². The van der Waals surface area contributed by atoms with Crippen molar-refractivity contribution in [3.05, 3.63) is 52.2 Å². The first-order valence-electron chi connectivity index (χ1n) is 9.78. The molecule has 1 aliphatic rings. The molecule has 28 heavy (non-hydrogen) atoms. The average molecular weight is 395 g/mol. The normalized spacial score (nSPS) is 13.1. The highest BCUT2D eigenvalue weighted by atomic mass is 32.2. The van der Waals surface area contributed by atoms with Crippen molar-refractivity contribution in [2.24, 2.45) is 5.92 Å². The number of nitrogens with zero attached hydrogens (tertiary/aromatic N) is 2. The van der Waals surface area contributed by atoms with Gasteiger partial charge in [0.05, 0.1) is 18.4 Å². The molecule has 0 unspecified atom stereocenters. The second kappa shape index (κ2) is 9.25. The van der Waals surface area contributed by atoms with E-state index in [-0.39, 0.29) is 11.5 Å². The minimum atomic E-state index is 0.0291. The molecule has 0 amide bonds. The zero-order chi connectivity index (χ0) is 20.1. The van der Waals surface area contributed by atoms with Gasteiger partial charge in [-0.1, -0.05) is 25.6 Å². The molecule has 0 bridgehead atoms. The van der Waals surface area contributed by atoms with Crippen LogP contribution in [0.3, 0.4) is 0 Å². The van der Waals surface area contributed by atoms with Gasteiger partial charge in [-0.2, -0.15) is 5.26 Å². The number of benzene rings is 1. The quantitative estimate of drug-likeness (QED) is 0.488. The number of hydrogen-bond acceptors (Lipinski definition) is 5. The number of nitriles is 1. The summed E-state index contributed by atoms with van der Waals surface area (Å²) in [7, 11) is 1.60. The minimum Gasteiger partial charge on any atom is -0.497 e. The molecular weight excluding hydrogens is 368 g/mol. The highest BCUT2D eigenvalue weighted by Crippen LogP contribution is 2.33. The molecule has 0 radical (unpaired) electrons. The first-order valence-corrected chi connectivity index (χ1v) is 10.8. The Kier molecular flexibility index (Phi) is 6.74. The minimum absolute atomic E-state index is 0.0291. The average Bonchev–Trinajstić information content (AvgIpc) is 2.71. The molecule has 4 nitrogen and oxygen atoms in total. The molecule has 1 heterocycles. The van der Waals surface area contributed by atoms with Crippen molar-refractivity contribution < 1.29 is 9.53 Å². The maximum atomic E-state index is 12.6. The zero-order valence-corrected chi connectivity index (χ0v) is 17.6. The lowest BCUT2D eigenvalue weighted by atomic mass is 9.87. The van der Waals surface area contributed by atoms with E-state index in [9.17, 15) is 10.1 Å². The molecular formula is C23H26N2O2S. The van der Waals surface area contributed by atoms with E-state index >= 15 is 0 Å². The SMILES string of the molecule is COc1ccc(C(=O)CSc2nc3c(c(CC(C)C)c2C#N)CCCC3)cc1. The van der Waals surface area contributed by atoms with Gasteiger partial charge in [-0.15, -0.1) is 0 Å². The smallest absolute Gasteiger partial charge is 0.173 e. The first-order chi connectivity index (χ1) is 13.5. The molecule has 5 heteroatoms. The molecule has 2 aromatic rings. The Hall–Kier alpha value is -2.32. The van der Waals surface area contributed by atoms with E-state index in [1.54, 1.807) is 31.4 Å². The van der Waals surface area contributed by atoms with Crippen molar-refractivity contribution in [1.82, 2.24) is 4.98 Å². The number of aryl methyl sites for hydroxylation is 1. The molecule has 3 rings (SSSR count). The Morgan fingerprint density at radius 3 is 2.61 bits per heavy atom. The Bertz CT molecular complexity index is 898. The lowest BCUT2D eigenvalue weighted by molar-refractivity contribution is 0.102. The number of carbonyl (C=O) groups excluding carboxylic acids is 1. The van der Waals surface area contributed by atoms with E-state index in [4.69, 9.17) is 9.72 Å². The summed E-state index contributed by atoms with van der Waals surface area (Å²) in [5, 5.41) is 10.6. The van der Waals surface area contributed by atoms with Crippen LogP contribution in [0.2, 0.25) is 0 Å². The van der Waals surface area contributed by atoms with Crippen molar-refractivity contribution in [1.29, 1.82) is 5.26 Å². The molecule has 0 atom stereocenters. The van der Waals surface area contributed by atoms with Crippen LogP contribution in [0, 0.1) is 17.2 Å². The zero-order valence-electron chi connectivity index (χ0n) is 16.7. The number of rotatable bonds is 7. The van der Waals surface area contributed by atoms with Gasteiger partial charge in [0.25, 0.3) is 0 Å². The van der Waals surface area contributed by atoms with Gasteiger partial charge in [-0.3, -0.25) is 4.79 Å². The Morgan fingerprint density at radius 1 is 1.25 bits per heavy atom. The van der Waals surface area contributed by atoms with Gasteiger partial charge in [0.2, 0.25) is 0 Å². The van der Waals surface area contributed by atoms with E-state index in [1.807, 2.05) is 0 Å². The standard InChI is InChI=1S/C23H26N2O2S/c1-15(2)12-19-18-6-4-5-7-21(18)25-23(20(19)13-24)28-14-22(26)16-8-10-17(27-3)11-9-16/h8-11,15H,4-7,12,14H2,1-3H3. The van der Waals surface area contributed by atoms with Crippen molar-refractivity contribution in [2.45, 2.75) is 51.0 Å². The first kappa shape index (κ1) is 20.4. The molecule has 1 aromatic carbocycles. The summed E-state index contributed by atoms with van der Waals surface area (Å²) in [5.74, 6) is 1.50. The molecule has 146 valence electrons. The van der Waals surface area contributed by atoms with Crippen LogP contribution in [0.15, 0.2) is 29.3 Å². The largest absolute Gasteiger partial charge is 0.497 e. The van der Waals surface area contributed by atoms with Gasteiger partial charge in [-0.05, 0) is 73.4 Å². The fourth-order valence-electron chi connectivity index (χ4n) is 3.64. The summed E-state index contributed by atoms with van der Waals surface area (Å²) >= 11 is 1.38. The van der Waals surface area contributed by atoms with Crippen LogP contribution in [-0.2, 0) is 19.3 Å².